The van der Waals surface area contributed by atoms with Crippen LogP contribution < -0.4 is 0 Å². The number of benzene rings is 2. The minimum atomic E-state index is -3.45. The molecule has 0 radical (unpaired) electrons. The molecule has 0 spiro atoms. The van der Waals surface area contributed by atoms with E-state index >= 15 is 0 Å². The first-order valence-corrected chi connectivity index (χ1v) is 11.1. The smallest absolute Gasteiger partial charge is 0.185 e. The van der Waals surface area contributed by atoms with Crippen LogP contribution in [0.4, 0.5) is 0 Å². The maximum Gasteiger partial charge on any atom is 0.185 e. The van der Waals surface area contributed by atoms with E-state index in [1.54, 1.807) is 24.3 Å². The first-order valence-electron chi connectivity index (χ1n) is 8.71. The molecule has 3 nitrogen and oxygen atoms in total. The molecule has 4 atom stereocenters. The lowest BCUT2D eigenvalue weighted by atomic mass is 9.82. The van der Waals surface area contributed by atoms with E-state index in [9.17, 15) is 8.42 Å². The van der Waals surface area contributed by atoms with Crippen molar-refractivity contribution in [2.24, 2.45) is 11.8 Å². The quantitative estimate of drug-likeness (QED) is 0.644. The third-order valence-corrected chi connectivity index (χ3v) is 8.07. The molecule has 1 aliphatic heterocycles. The summed E-state index contributed by atoms with van der Waals surface area (Å²) >= 11 is 3.52. The second kappa shape index (κ2) is 6.32. The summed E-state index contributed by atoms with van der Waals surface area (Å²) in [5, 5.41) is -0.568. The van der Waals surface area contributed by atoms with Crippen LogP contribution in [0.3, 0.4) is 0 Å². The SMILES string of the molecule is CC1(C)O[C@H](c2cccc(Br)c2)C2C=C[C@H](S(=O)(=O)c3ccccc3)C21. The van der Waals surface area contributed by atoms with Gasteiger partial charge in [-0.1, -0.05) is 58.4 Å². The van der Waals surface area contributed by atoms with Gasteiger partial charge in [-0.05, 0) is 43.7 Å². The normalized spacial score (nSPS) is 29.7. The molecular weight excluding hydrogens is 412 g/mol. The van der Waals surface area contributed by atoms with Crippen LogP contribution in [0.25, 0.3) is 0 Å². The number of sulfone groups is 1. The third kappa shape index (κ3) is 2.86. The summed E-state index contributed by atoms with van der Waals surface area (Å²) in [5.74, 6) is -0.0699. The maximum absolute atomic E-state index is 13.2. The van der Waals surface area contributed by atoms with E-state index in [-0.39, 0.29) is 17.9 Å². The van der Waals surface area contributed by atoms with E-state index in [1.165, 1.54) is 0 Å². The molecule has 136 valence electrons. The van der Waals surface area contributed by atoms with E-state index in [2.05, 4.69) is 22.0 Å². The van der Waals surface area contributed by atoms with Crippen molar-refractivity contribution in [3.8, 4) is 0 Å². The zero-order chi connectivity index (χ0) is 18.5. The highest BCUT2D eigenvalue weighted by Crippen LogP contribution is 2.55. The van der Waals surface area contributed by atoms with E-state index in [1.807, 2.05) is 50.3 Å². The number of hydrogen-bond acceptors (Lipinski definition) is 3. The fourth-order valence-corrected chi connectivity index (χ4v) is 6.83. The molecule has 0 aromatic heterocycles. The molecule has 2 aliphatic rings. The number of ether oxygens (including phenoxy) is 1. The summed E-state index contributed by atoms with van der Waals surface area (Å²) in [6.07, 6.45) is 3.77. The van der Waals surface area contributed by atoms with Crippen LogP contribution in [0.15, 0.2) is 76.1 Å². The Balaban J connectivity index is 1.73. The largest absolute Gasteiger partial charge is 0.367 e. The van der Waals surface area contributed by atoms with Crippen LogP contribution in [0, 0.1) is 11.8 Å². The van der Waals surface area contributed by atoms with Crippen molar-refractivity contribution < 1.29 is 13.2 Å². The van der Waals surface area contributed by atoms with Gasteiger partial charge in [-0.15, -0.1) is 0 Å². The minimum absolute atomic E-state index is 0.0442. The Morgan fingerprint density at radius 3 is 2.42 bits per heavy atom. The predicted octanol–water partition coefficient (Wildman–Crippen LogP) is 4.94. The van der Waals surface area contributed by atoms with Crippen LogP contribution in [-0.4, -0.2) is 19.3 Å². The van der Waals surface area contributed by atoms with Gasteiger partial charge in [0.2, 0.25) is 0 Å². The number of rotatable bonds is 3. The average Bonchev–Trinajstić information content (AvgIpc) is 3.16. The molecule has 1 fully saturated rings. The second-order valence-corrected chi connectivity index (χ2v) is 10.5. The minimum Gasteiger partial charge on any atom is -0.367 e. The summed E-state index contributed by atoms with van der Waals surface area (Å²) in [6, 6.07) is 16.8. The summed E-state index contributed by atoms with van der Waals surface area (Å²) in [7, 11) is -3.45. The Hall–Kier alpha value is -1.43. The lowest BCUT2D eigenvalue weighted by Gasteiger charge is -2.30. The Morgan fingerprint density at radius 1 is 1.00 bits per heavy atom. The first kappa shape index (κ1) is 18.0. The Morgan fingerprint density at radius 2 is 1.73 bits per heavy atom. The predicted molar refractivity (Wildman–Crippen MR) is 106 cm³/mol. The van der Waals surface area contributed by atoms with Gasteiger partial charge in [0.15, 0.2) is 9.84 Å². The fraction of sp³-hybridized carbons (Fsp3) is 0.333. The molecule has 5 heteroatoms. The van der Waals surface area contributed by atoms with E-state index < -0.39 is 20.7 Å². The fourth-order valence-electron chi connectivity index (χ4n) is 4.37. The van der Waals surface area contributed by atoms with Crippen LogP contribution in [0.5, 0.6) is 0 Å². The Labute approximate surface area is 163 Å². The van der Waals surface area contributed by atoms with Crippen molar-refractivity contribution in [2.75, 3.05) is 0 Å². The highest BCUT2D eigenvalue weighted by Gasteiger charge is 2.57. The van der Waals surface area contributed by atoms with Gasteiger partial charge in [0.05, 0.1) is 21.9 Å². The molecule has 4 rings (SSSR count). The van der Waals surface area contributed by atoms with Gasteiger partial charge in [-0.25, -0.2) is 8.42 Å². The molecule has 2 aromatic rings. The zero-order valence-electron chi connectivity index (χ0n) is 14.7. The van der Waals surface area contributed by atoms with Gasteiger partial charge < -0.3 is 4.74 Å². The summed E-state index contributed by atoms with van der Waals surface area (Å²) in [6.45, 7) is 4.01. The topological polar surface area (TPSA) is 43.4 Å². The van der Waals surface area contributed by atoms with E-state index in [0.717, 1.165) is 10.0 Å². The van der Waals surface area contributed by atoms with Gasteiger partial charge in [-0.2, -0.15) is 0 Å². The lowest BCUT2D eigenvalue weighted by Crippen LogP contribution is -2.39. The van der Waals surface area contributed by atoms with Crippen LogP contribution in [0.2, 0.25) is 0 Å². The molecule has 26 heavy (non-hydrogen) atoms. The highest BCUT2D eigenvalue weighted by molar-refractivity contribution is 9.10. The average molecular weight is 433 g/mol. The summed E-state index contributed by atoms with van der Waals surface area (Å²) in [5.41, 5.74) is 0.538. The molecule has 1 aliphatic carbocycles. The molecule has 0 N–H and O–H groups in total. The van der Waals surface area contributed by atoms with E-state index in [4.69, 9.17) is 4.74 Å². The lowest BCUT2D eigenvalue weighted by molar-refractivity contribution is -0.0337. The van der Waals surface area contributed by atoms with Gasteiger partial charge in [0.25, 0.3) is 0 Å². The standard InChI is InChI=1S/C21H21BrO3S/c1-21(2)19-17(20(25-21)14-7-6-8-15(22)13-14)11-12-18(19)26(23,24)16-9-4-3-5-10-16/h3-13,17-20H,1-2H3/t17?,18-,19?,20+/m0/s1. The van der Waals surface area contributed by atoms with Crippen LogP contribution in [0.1, 0.15) is 25.5 Å². The summed E-state index contributed by atoms with van der Waals surface area (Å²) < 4.78 is 33.9. The van der Waals surface area contributed by atoms with Crippen LogP contribution >= 0.6 is 15.9 Å². The molecule has 1 saturated heterocycles. The monoisotopic (exact) mass is 432 g/mol. The molecule has 2 aromatic carbocycles. The number of fused-ring (bicyclic) bond motifs is 1. The first-order chi connectivity index (χ1) is 12.3. The molecule has 0 saturated carbocycles. The van der Waals surface area contributed by atoms with Crippen molar-refractivity contribution in [3.05, 3.63) is 76.8 Å². The van der Waals surface area contributed by atoms with Gasteiger partial charge in [0, 0.05) is 16.3 Å². The second-order valence-electron chi connectivity index (χ2n) is 7.51. The van der Waals surface area contributed by atoms with Gasteiger partial charge in [-0.3, -0.25) is 0 Å². The van der Waals surface area contributed by atoms with Gasteiger partial charge in [0.1, 0.15) is 0 Å². The third-order valence-electron chi connectivity index (χ3n) is 5.48. The molecule has 0 bridgehead atoms. The molecule has 1 heterocycles. The summed E-state index contributed by atoms with van der Waals surface area (Å²) in [4.78, 5) is 0.372. The molecular formula is C21H21BrO3S. The van der Waals surface area contributed by atoms with Crippen molar-refractivity contribution in [2.45, 2.75) is 35.7 Å². The van der Waals surface area contributed by atoms with Crippen molar-refractivity contribution in [3.63, 3.8) is 0 Å². The highest BCUT2D eigenvalue weighted by atomic mass is 79.9. The van der Waals surface area contributed by atoms with Crippen molar-refractivity contribution in [1.82, 2.24) is 0 Å². The van der Waals surface area contributed by atoms with Crippen molar-refractivity contribution in [1.29, 1.82) is 0 Å². The van der Waals surface area contributed by atoms with Crippen molar-refractivity contribution >= 4 is 25.8 Å². The molecule has 2 unspecified atom stereocenters. The van der Waals surface area contributed by atoms with Crippen LogP contribution in [-0.2, 0) is 14.6 Å². The maximum atomic E-state index is 13.2. The zero-order valence-corrected chi connectivity index (χ0v) is 17.1. The van der Waals surface area contributed by atoms with Gasteiger partial charge >= 0.3 is 0 Å². The molecule has 0 amide bonds. The number of hydrogen-bond donors (Lipinski definition) is 0. The van der Waals surface area contributed by atoms with E-state index in [0.29, 0.717) is 4.90 Å². The number of halogens is 1. The Bertz CT molecular complexity index is 950. The Kier molecular flexibility index (Phi) is 4.37.